The van der Waals surface area contributed by atoms with Crippen LogP contribution in [0, 0.1) is 5.41 Å². The summed E-state index contributed by atoms with van der Waals surface area (Å²) in [7, 11) is 0. The van der Waals surface area contributed by atoms with E-state index in [0.717, 1.165) is 24.8 Å². The van der Waals surface area contributed by atoms with Gasteiger partial charge in [-0.2, -0.15) is 0 Å². The lowest BCUT2D eigenvalue weighted by Gasteiger charge is -2.12. The number of guanidine groups is 1. The molecule has 6 nitrogen and oxygen atoms in total. The molecule has 1 aromatic rings. The predicted octanol–water partition coefficient (Wildman–Crippen LogP) is 2.27. The third-order valence-electron chi connectivity index (χ3n) is 3.23. The summed E-state index contributed by atoms with van der Waals surface area (Å²) >= 11 is 0. The SMILES string of the molecule is CCCCc1cc(OC/C(=C/F)CNC(=N)N)ccc1C(N)=O.Cl. The first-order valence-corrected chi connectivity index (χ1v) is 7.39. The van der Waals surface area contributed by atoms with E-state index >= 15 is 0 Å². The molecule has 0 aromatic heterocycles. The summed E-state index contributed by atoms with van der Waals surface area (Å²) in [6.07, 6.45) is 3.08. The second kappa shape index (κ2) is 11.3. The molecule has 0 radical (unpaired) electrons. The highest BCUT2D eigenvalue weighted by Gasteiger charge is 2.10. The van der Waals surface area contributed by atoms with Gasteiger partial charge in [0, 0.05) is 17.7 Å². The van der Waals surface area contributed by atoms with Crippen LogP contribution in [-0.2, 0) is 6.42 Å². The van der Waals surface area contributed by atoms with Crippen molar-refractivity contribution >= 4 is 24.3 Å². The van der Waals surface area contributed by atoms with Crippen LogP contribution in [-0.4, -0.2) is 25.0 Å². The van der Waals surface area contributed by atoms with Gasteiger partial charge in [0.2, 0.25) is 5.91 Å². The second-order valence-electron chi connectivity index (χ2n) is 5.11. The van der Waals surface area contributed by atoms with Gasteiger partial charge in [0.25, 0.3) is 0 Å². The summed E-state index contributed by atoms with van der Waals surface area (Å²) in [6.45, 7) is 2.17. The van der Waals surface area contributed by atoms with Crippen molar-refractivity contribution in [3.8, 4) is 5.75 Å². The number of aryl methyl sites for hydroxylation is 1. The molecule has 0 aliphatic rings. The molecule has 1 rings (SSSR count). The largest absolute Gasteiger partial charge is 0.489 e. The van der Waals surface area contributed by atoms with Gasteiger partial charge in [-0.1, -0.05) is 13.3 Å². The Hall–Kier alpha value is -2.28. The first kappa shape index (κ1) is 21.7. The van der Waals surface area contributed by atoms with Crippen molar-refractivity contribution in [1.29, 1.82) is 5.41 Å². The van der Waals surface area contributed by atoms with E-state index in [9.17, 15) is 9.18 Å². The average Bonchev–Trinajstić information content (AvgIpc) is 2.52. The van der Waals surface area contributed by atoms with Gasteiger partial charge < -0.3 is 21.5 Å². The molecule has 24 heavy (non-hydrogen) atoms. The molecule has 0 saturated carbocycles. The number of carbonyl (C=O) groups is 1. The summed E-state index contributed by atoms with van der Waals surface area (Å²) in [5.41, 5.74) is 12.1. The van der Waals surface area contributed by atoms with E-state index < -0.39 is 5.91 Å². The van der Waals surface area contributed by atoms with E-state index in [1.54, 1.807) is 18.2 Å². The van der Waals surface area contributed by atoms with E-state index in [-0.39, 0.29) is 31.5 Å². The smallest absolute Gasteiger partial charge is 0.248 e. The summed E-state index contributed by atoms with van der Waals surface area (Å²) in [5.74, 6) is -0.182. The topological polar surface area (TPSA) is 114 Å². The maximum absolute atomic E-state index is 12.8. The van der Waals surface area contributed by atoms with E-state index in [0.29, 0.717) is 23.2 Å². The zero-order chi connectivity index (χ0) is 17.2. The Morgan fingerprint density at radius 3 is 2.67 bits per heavy atom. The van der Waals surface area contributed by atoms with Gasteiger partial charge in [-0.3, -0.25) is 10.2 Å². The number of nitrogens with two attached hydrogens (primary N) is 2. The first-order valence-electron chi connectivity index (χ1n) is 7.39. The molecule has 6 N–H and O–H groups in total. The average molecular weight is 359 g/mol. The van der Waals surface area contributed by atoms with Gasteiger partial charge in [0.15, 0.2) is 5.96 Å². The molecule has 0 aliphatic heterocycles. The summed E-state index contributed by atoms with van der Waals surface area (Å²) < 4.78 is 18.3. The Morgan fingerprint density at radius 1 is 1.42 bits per heavy atom. The quantitative estimate of drug-likeness (QED) is 0.400. The van der Waals surface area contributed by atoms with Crippen molar-refractivity contribution in [2.75, 3.05) is 13.2 Å². The van der Waals surface area contributed by atoms with Crippen LogP contribution >= 0.6 is 12.4 Å². The normalized spacial score (nSPS) is 10.7. The molecule has 0 fully saturated rings. The minimum absolute atomic E-state index is 0. The number of amides is 1. The van der Waals surface area contributed by atoms with Crippen LogP contribution in [0.1, 0.15) is 35.7 Å². The van der Waals surface area contributed by atoms with Gasteiger partial charge in [-0.15, -0.1) is 12.4 Å². The van der Waals surface area contributed by atoms with Gasteiger partial charge in [0.1, 0.15) is 12.4 Å². The number of carbonyl (C=O) groups excluding carboxylic acids is 1. The van der Waals surface area contributed by atoms with Crippen molar-refractivity contribution in [3.05, 3.63) is 41.2 Å². The molecule has 0 saturated heterocycles. The van der Waals surface area contributed by atoms with Gasteiger partial charge >= 0.3 is 0 Å². The number of unbranched alkanes of at least 4 members (excludes halogenated alkanes) is 1. The lowest BCUT2D eigenvalue weighted by Crippen LogP contribution is -2.32. The van der Waals surface area contributed by atoms with Crippen molar-refractivity contribution in [1.82, 2.24) is 5.32 Å². The van der Waals surface area contributed by atoms with Crippen molar-refractivity contribution in [2.24, 2.45) is 11.5 Å². The molecule has 0 unspecified atom stereocenters. The molecule has 134 valence electrons. The third-order valence-corrected chi connectivity index (χ3v) is 3.23. The highest BCUT2D eigenvalue weighted by Crippen LogP contribution is 2.20. The van der Waals surface area contributed by atoms with E-state index in [2.05, 4.69) is 12.2 Å². The zero-order valence-electron chi connectivity index (χ0n) is 13.6. The number of ether oxygens (including phenoxy) is 1. The van der Waals surface area contributed by atoms with Crippen LogP contribution in [0.4, 0.5) is 4.39 Å². The lowest BCUT2D eigenvalue weighted by atomic mass is 10.0. The van der Waals surface area contributed by atoms with Gasteiger partial charge in [-0.25, -0.2) is 4.39 Å². The minimum Gasteiger partial charge on any atom is -0.489 e. The zero-order valence-corrected chi connectivity index (χ0v) is 14.4. The van der Waals surface area contributed by atoms with Crippen LogP contribution in [0.2, 0.25) is 0 Å². The molecule has 0 bridgehead atoms. The molecule has 0 heterocycles. The fraction of sp³-hybridized carbons (Fsp3) is 0.375. The van der Waals surface area contributed by atoms with Crippen molar-refractivity contribution in [2.45, 2.75) is 26.2 Å². The van der Waals surface area contributed by atoms with Crippen LogP contribution in [0.5, 0.6) is 5.75 Å². The number of halogens is 2. The number of nitrogens with one attached hydrogen (secondary N) is 2. The monoisotopic (exact) mass is 358 g/mol. The van der Waals surface area contributed by atoms with Crippen molar-refractivity contribution < 1.29 is 13.9 Å². The fourth-order valence-electron chi connectivity index (χ4n) is 1.98. The van der Waals surface area contributed by atoms with E-state index in [4.69, 9.17) is 21.6 Å². The molecule has 1 amide bonds. The van der Waals surface area contributed by atoms with Crippen LogP contribution in [0.25, 0.3) is 0 Å². The Labute approximate surface area is 147 Å². The lowest BCUT2D eigenvalue weighted by molar-refractivity contribution is 0.0999. The molecule has 0 atom stereocenters. The highest BCUT2D eigenvalue weighted by molar-refractivity contribution is 5.94. The standard InChI is InChI=1S/C16H23FN4O2.ClH/c1-2-3-4-12-7-13(5-6-14(12)15(18)22)23-10-11(8-17)9-21-16(19)20;/h5-8H,2-4,9-10H2,1H3,(H2,18,22)(H4,19,20,21);1H/b11-8+;. The number of hydrogen-bond donors (Lipinski definition) is 4. The molecular weight excluding hydrogens is 335 g/mol. The molecule has 1 aromatic carbocycles. The number of hydrogen-bond acceptors (Lipinski definition) is 3. The second-order valence-corrected chi connectivity index (χ2v) is 5.11. The maximum atomic E-state index is 12.8. The Kier molecular flexibility index (Phi) is 10.2. The third kappa shape index (κ3) is 7.32. The maximum Gasteiger partial charge on any atom is 0.248 e. The van der Waals surface area contributed by atoms with Crippen molar-refractivity contribution in [3.63, 3.8) is 0 Å². The van der Waals surface area contributed by atoms with Crippen LogP contribution in [0.3, 0.4) is 0 Å². The number of rotatable bonds is 9. The molecule has 8 heteroatoms. The number of benzene rings is 1. The summed E-state index contributed by atoms with van der Waals surface area (Å²) in [6, 6.07) is 5.00. The van der Waals surface area contributed by atoms with Gasteiger partial charge in [0.05, 0.1) is 6.33 Å². The molecular formula is C16H24ClFN4O2. The number of primary amides is 1. The highest BCUT2D eigenvalue weighted by atomic mass is 35.5. The minimum atomic E-state index is -0.474. The van der Waals surface area contributed by atoms with E-state index in [1.807, 2.05) is 0 Å². The van der Waals surface area contributed by atoms with Crippen LogP contribution in [0.15, 0.2) is 30.1 Å². The van der Waals surface area contributed by atoms with E-state index in [1.165, 1.54) is 0 Å². The summed E-state index contributed by atoms with van der Waals surface area (Å²) in [4.78, 5) is 11.4. The predicted molar refractivity (Wildman–Crippen MR) is 95.4 cm³/mol. The van der Waals surface area contributed by atoms with Gasteiger partial charge in [-0.05, 0) is 36.6 Å². The Balaban J connectivity index is 0.00000529. The fourth-order valence-corrected chi connectivity index (χ4v) is 1.98. The Bertz CT molecular complexity index is 593. The molecule has 0 spiro atoms. The van der Waals surface area contributed by atoms with Crippen LogP contribution < -0.4 is 21.5 Å². The Morgan fingerprint density at radius 2 is 2.12 bits per heavy atom. The summed E-state index contributed by atoms with van der Waals surface area (Å²) in [5, 5.41) is 9.56. The molecule has 0 aliphatic carbocycles. The first-order chi connectivity index (χ1) is 11.0.